The zero-order chi connectivity index (χ0) is 11.5. The molecule has 1 N–H and O–H groups in total. The Morgan fingerprint density at radius 1 is 1.38 bits per heavy atom. The highest BCUT2D eigenvalue weighted by atomic mass is 32.1. The molecule has 0 spiro atoms. The Morgan fingerprint density at radius 2 is 2.06 bits per heavy atom. The maximum atomic E-state index is 12.8. The molecule has 0 fully saturated rings. The average Bonchev–Trinajstić information content (AvgIpc) is 2.69. The first-order chi connectivity index (χ1) is 7.72. The normalized spacial score (nSPS) is 12.7. The van der Waals surface area contributed by atoms with E-state index in [1.807, 2.05) is 6.92 Å². The number of benzene rings is 1. The highest BCUT2D eigenvalue weighted by Crippen LogP contribution is 2.29. The summed E-state index contributed by atoms with van der Waals surface area (Å²) in [5.74, 6) is -0.366. The van der Waals surface area contributed by atoms with Gasteiger partial charge in [0.15, 0.2) is 0 Å². The van der Waals surface area contributed by atoms with Gasteiger partial charge in [-0.25, -0.2) is 9.37 Å². The van der Waals surface area contributed by atoms with Crippen molar-refractivity contribution in [3.8, 4) is 0 Å². The zero-order valence-corrected chi connectivity index (χ0v) is 9.67. The molecule has 4 heteroatoms. The third kappa shape index (κ3) is 2.13. The molecule has 2 aromatic rings. The summed E-state index contributed by atoms with van der Waals surface area (Å²) in [5.41, 5.74) is 3.60. The van der Waals surface area contributed by atoms with Crippen molar-refractivity contribution in [3.63, 3.8) is 0 Å². The first-order valence-corrected chi connectivity index (χ1v) is 5.86. The lowest BCUT2D eigenvalue weighted by Crippen LogP contribution is -2.05. The van der Waals surface area contributed by atoms with Gasteiger partial charge in [0.05, 0.1) is 17.8 Å². The predicted octanol–water partition coefficient (Wildman–Crippen LogP) is 2.71. The van der Waals surface area contributed by atoms with E-state index in [0.29, 0.717) is 0 Å². The Morgan fingerprint density at radius 3 is 2.56 bits per heavy atom. The second-order valence-electron chi connectivity index (χ2n) is 3.59. The number of thiazole rings is 1. The van der Waals surface area contributed by atoms with Gasteiger partial charge in [-0.05, 0) is 24.6 Å². The Bertz CT molecular complexity index is 466. The Balaban J connectivity index is 2.37. The number of nitrogens with zero attached hydrogens (tertiary/aromatic N) is 1. The van der Waals surface area contributed by atoms with Crippen LogP contribution in [0.2, 0.25) is 0 Å². The van der Waals surface area contributed by atoms with Crippen molar-refractivity contribution in [2.75, 3.05) is 6.61 Å². The van der Waals surface area contributed by atoms with E-state index in [1.54, 1.807) is 17.6 Å². The Kier molecular flexibility index (Phi) is 3.31. The summed E-state index contributed by atoms with van der Waals surface area (Å²) >= 11 is 1.52. The van der Waals surface area contributed by atoms with Crippen molar-refractivity contribution >= 4 is 11.3 Å². The van der Waals surface area contributed by atoms with Crippen LogP contribution in [0, 0.1) is 12.7 Å². The Labute approximate surface area is 97.4 Å². The number of aromatic nitrogens is 1. The van der Waals surface area contributed by atoms with Gasteiger partial charge in [-0.3, -0.25) is 0 Å². The standard InChI is InChI=1S/C12H12FNOS/c1-8-12(16-7-14-8)11(6-15)9-2-4-10(13)5-3-9/h2-5,7,11,15H,6H2,1H3. The highest BCUT2D eigenvalue weighted by Gasteiger charge is 2.17. The molecule has 16 heavy (non-hydrogen) atoms. The molecule has 0 aliphatic rings. The fraction of sp³-hybridized carbons (Fsp3) is 0.250. The smallest absolute Gasteiger partial charge is 0.123 e. The molecular weight excluding hydrogens is 225 g/mol. The second-order valence-corrected chi connectivity index (χ2v) is 4.48. The number of hydrogen-bond acceptors (Lipinski definition) is 3. The van der Waals surface area contributed by atoms with Gasteiger partial charge in [-0.2, -0.15) is 0 Å². The molecule has 1 aromatic carbocycles. The molecule has 0 saturated heterocycles. The van der Waals surface area contributed by atoms with Crippen molar-refractivity contribution < 1.29 is 9.50 Å². The van der Waals surface area contributed by atoms with Crippen LogP contribution in [0.25, 0.3) is 0 Å². The first-order valence-electron chi connectivity index (χ1n) is 4.98. The van der Waals surface area contributed by atoms with Crippen molar-refractivity contribution in [1.82, 2.24) is 4.98 Å². The van der Waals surface area contributed by atoms with E-state index < -0.39 is 0 Å². The lowest BCUT2D eigenvalue weighted by Gasteiger charge is -2.13. The summed E-state index contributed by atoms with van der Waals surface area (Å²) in [5, 5.41) is 9.43. The van der Waals surface area contributed by atoms with Crippen molar-refractivity contribution in [1.29, 1.82) is 0 Å². The summed E-state index contributed by atoms with van der Waals surface area (Å²) in [6.07, 6.45) is 0. The number of rotatable bonds is 3. The molecule has 0 saturated carbocycles. The molecule has 2 rings (SSSR count). The molecule has 1 heterocycles. The van der Waals surface area contributed by atoms with Crippen LogP contribution in [-0.2, 0) is 0 Å². The topological polar surface area (TPSA) is 33.1 Å². The van der Waals surface area contributed by atoms with Gasteiger partial charge in [0.1, 0.15) is 5.82 Å². The highest BCUT2D eigenvalue weighted by molar-refractivity contribution is 7.09. The van der Waals surface area contributed by atoms with Crippen LogP contribution in [0.1, 0.15) is 22.1 Å². The van der Waals surface area contributed by atoms with E-state index in [0.717, 1.165) is 16.1 Å². The molecular formula is C12H12FNOS. The van der Waals surface area contributed by atoms with Crippen LogP contribution in [-0.4, -0.2) is 16.7 Å². The number of aryl methyl sites for hydroxylation is 1. The van der Waals surface area contributed by atoms with Crippen molar-refractivity contribution in [2.45, 2.75) is 12.8 Å². The second kappa shape index (κ2) is 4.72. The summed E-state index contributed by atoms with van der Waals surface area (Å²) in [6, 6.07) is 6.23. The summed E-state index contributed by atoms with van der Waals surface area (Å²) in [6.45, 7) is 1.92. The van der Waals surface area contributed by atoms with Gasteiger partial charge in [-0.1, -0.05) is 12.1 Å². The van der Waals surface area contributed by atoms with Crippen LogP contribution < -0.4 is 0 Å². The number of aliphatic hydroxyl groups is 1. The minimum atomic E-state index is -0.263. The average molecular weight is 237 g/mol. The third-order valence-corrected chi connectivity index (χ3v) is 3.60. The molecule has 0 aliphatic carbocycles. The zero-order valence-electron chi connectivity index (χ0n) is 8.85. The van der Waals surface area contributed by atoms with E-state index in [1.165, 1.54) is 23.5 Å². The van der Waals surface area contributed by atoms with Gasteiger partial charge in [0, 0.05) is 10.8 Å². The van der Waals surface area contributed by atoms with E-state index in [9.17, 15) is 9.50 Å². The number of hydrogen-bond donors (Lipinski definition) is 1. The van der Waals surface area contributed by atoms with Crippen LogP contribution in [0.4, 0.5) is 4.39 Å². The molecule has 1 unspecified atom stereocenters. The van der Waals surface area contributed by atoms with Gasteiger partial charge in [0.2, 0.25) is 0 Å². The van der Waals surface area contributed by atoms with Gasteiger partial charge in [0.25, 0.3) is 0 Å². The maximum absolute atomic E-state index is 12.8. The van der Waals surface area contributed by atoms with Gasteiger partial charge < -0.3 is 5.11 Å². The molecule has 0 radical (unpaired) electrons. The quantitative estimate of drug-likeness (QED) is 0.890. The van der Waals surface area contributed by atoms with Crippen LogP contribution in [0.15, 0.2) is 29.8 Å². The molecule has 2 nitrogen and oxygen atoms in total. The molecule has 0 aliphatic heterocycles. The molecule has 1 atom stereocenters. The van der Waals surface area contributed by atoms with Crippen molar-refractivity contribution in [3.05, 3.63) is 51.7 Å². The minimum absolute atomic E-state index is 0.00860. The first kappa shape index (κ1) is 11.2. The minimum Gasteiger partial charge on any atom is -0.395 e. The maximum Gasteiger partial charge on any atom is 0.123 e. The van der Waals surface area contributed by atoms with E-state index in [-0.39, 0.29) is 18.3 Å². The summed E-state index contributed by atoms with van der Waals surface area (Å²) in [4.78, 5) is 5.20. The van der Waals surface area contributed by atoms with Crippen LogP contribution in [0.5, 0.6) is 0 Å². The largest absolute Gasteiger partial charge is 0.395 e. The van der Waals surface area contributed by atoms with Crippen LogP contribution >= 0.6 is 11.3 Å². The van der Waals surface area contributed by atoms with E-state index in [2.05, 4.69) is 4.98 Å². The van der Waals surface area contributed by atoms with Crippen molar-refractivity contribution in [2.24, 2.45) is 0 Å². The number of halogens is 1. The molecule has 0 bridgehead atoms. The fourth-order valence-corrected chi connectivity index (χ4v) is 2.60. The Hall–Kier alpha value is -1.26. The van der Waals surface area contributed by atoms with E-state index >= 15 is 0 Å². The lowest BCUT2D eigenvalue weighted by atomic mass is 9.97. The molecule has 84 valence electrons. The molecule has 1 aromatic heterocycles. The molecule has 0 amide bonds. The summed E-state index contributed by atoms with van der Waals surface area (Å²) in [7, 11) is 0. The van der Waals surface area contributed by atoms with Gasteiger partial charge >= 0.3 is 0 Å². The lowest BCUT2D eigenvalue weighted by molar-refractivity contribution is 0.281. The predicted molar refractivity (Wildman–Crippen MR) is 62.2 cm³/mol. The SMILES string of the molecule is Cc1ncsc1C(CO)c1ccc(F)cc1. The number of aliphatic hydroxyl groups excluding tert-OH is 1. The monoisotopic (exact) mass is 237 g/mol. The van der Waals surface area contributed by atoms with E-state index in [4.69, 9.17) is 0 Å². The third-order valence-electron chi connectivity index (χ3n) is 2.55. The van der Waals surface area contributed by atoms with Gasteiger partial charge in [-0.15, -0.1) is 11.3 Å². The van der Waals surface area contributed by atoms with Crippen LogP contribution in [0.3, 0.4) is 0 Å². The fourth-order valence-electron chi connectivity index (χ4n) is 1.68. The summed E-state index contributed by atoms with van der Waals surface area (Å²) < 4.78 is 12.8.